The van der Waals surface area contributed by atoms with E-state index >= 15 is 0 Å². The maximum atomic E-state index is 12.2. The van der Waals surface area contributed by atoms with Crippen LogP contribution in [0, 0.1) is 20.8 Å². The van der Waals surface area contributed by atoms with Crippen molar-refractivity contribution < 1.29 is 9.59 Å². The van der Waals surface area contributed by atoms with Crippen molar-refractivity contribution >= 4 is 18.2 Å². The second-order valence-corrected chi connectivity index (χ2v) is 5.79. The fourth-order valence-corrected chi connectivity index (χ4v) is 2.52. The molecule has 0 saturated carbocycles. The highest BCUT2D eigenvalue weighted by Crippen LogP contribution is 2.21. The third kappa shape index (κ3) is 2.68. The maximum Gasteiger partial charge on any atom is 0.346 e. The molecule has 5 heteroatoms. The van der Waals surface area contributed by atoms with Crippen LogP contribution in [0.25, 0.3) is 0 Å². The number of benzene rings is 1. The smallest absolute Gasteiger partial charge is 0.322 e. The van der Waals surface area contributed by atoms with E-state index in [9.17, 15) is 9.59 Å². The molecule has 1 saturated heterocycles. The number of imide groups is 1. The standard InChI is InChI=1S/C16H21N3O2/c1-6-16(5)14(20)19(15(21)18-16)17-9-13-11(3)7-10(2)8-12(13)4/h7-9H,6H2,1-5H3,(H,18,21)/t16-/m1/s1. The van der Waals surface area contributed by atoms with E-state index in [1.807, 2.05) is 27.7 Å². The van der Waals surface area contributed by atoms with Crippen LogP contribution in [0.15, 0.2) is 17.2 Å². The molecule has 1 N–H and O–H groups in total. The average molecular weight is 287 g/mol. The SMILES string of the molecule is CC[C@@]1(C)NC(=O)N(N=Cc2c(C)cc(C)cc2C)C1=O. The molecule has 21 heavy (non-hydrogen) atoms. The maximum absolute atomic E-state index is 12.2. The van der Waals surface area contributed by atoms with Gasteiger partial charge in [-0.2, -0.15) is 5.10 Å². The van der Waals surface area contributed by atoms with Crippen LogP contribution in [-0.2, 0) is 4.79 Å². The largest absolute Gasteiger partial charge is 0.346 e. The number of aryl methyl sites for hydroxylation is 3. The van der Waals surface area contributed by atoms with Crippen molar-refractivity contribution in [1.82, 2.24) is 10.3 Å². The Morgan fingerprint density at radius 1 is 1.24 bits per heavy atom. The molecule has 0 unspecified atom stereocenters. The first-order valence-electron chi connectivity index (χ1n) is 7.07. The van der Waals surface area contributed by atoms with E-state index in [-0.39, 0.29) is 5.91 Å². The number of rotatable bonds is 3. The van der Waals surface area contributed by atoms with Crippen LogP contribution in [-0.4, -0.2) is 28.7 Å². The first-order valence-corrected chi connectivity index (χ1v) is 7.07. The summed E-state index contributed by atoms with van der Waals surface area (Å²) in [6, 6.07) is 3.63. The van der Waals surface area contributed by atoms with Gasteiger partial charge in [0.15, 0.2) is 0 Å². The molecule has 112 valence electrons. The highest BCUT2D eigenvalue weighted by Gasteiger charge is 2.46. The molecule has 3 amide bonds. The molecule has 0 bridgehead atoms. The lowest BCUT2D eigenvalue weighted by molar-refractivity contribution is -0.130. The summed E-state index contributed by atoms with van der Waals surface area (Å²) in [6.07, 6.45) is 2.12. The Bertz CT molecular complexity index is 613. The fraction of sp³-hybridized carbons (Fsp3) is 0.438. The van der Waals surface area contributed by atoms with Crippen LogP contribution in [0.3, 0.4) is 0 Å². The molecule has 0 aromatic heterocycles. The Morgan fingerprint density at radius 2 is 1.81 bits per heavy atom. The number of nitrogens with one attached hydrogen (secondary N) is 1. The van der Waals surface area contributed by atoms with Gasteiger partial charge >= 0.3 is 6.03 Å². The molecular formula is C16H21N3O2. The number of amides is 3. The molecule has 1 aromatic carbocycles. The summed E-state index contributed by atoms with van der Waals surface area (Å²) < 4.78 is 0. The number of hydrogen-bond acceptors (Lipinski definition) is 3. The van der Waals surface area contributed by atoms with E-state index in [2.05, 4.69) is 22.6 Å². The van der Waals surface area contributed by atoms with Crippen LogP contribution >= 0.6 is 0 Å². The van der Waals surface area contributed by atoms with Crippen molar-refractivity contribution in [1.29, 1.82) is 0 Å². The summed E-state index contributed by atoms with van der Waals surface area (Å²) in [5, 5.41) is 7.69. The van der Waals surface area contributed by atoms with Crippen molar-refractivity contribution in [2.24, 2.45) is 5.10 Å². The van der Waals surface area contributed by atoms with E-state index in [4.69, 9.17) is 0 Å². The predicted molar refractivity (Wildman–Crippen MR) is 82.3 cm³/mol. The molecule has 1 fully saturated rings. The molecule has 0 aliphatic carbocycles. The van der Waals surface area contributed by atoms with E-state index in [1.54, 1.807) is 13.1 Å². The van der Waals surface area contributed by atoms with Gasteiger partial charge in [-0.15, -0.1) is 5.01 Å². The van der Waals surface area contributed by atoms with Crippen LogP contribution in [0.1, 0.15) is 42.5 Å². The van der Waals surface area contributed by atoms with Crippen molar-refractivity contribution in [3.05, 3.63) is 34.4 Å². The molecule has 2 rings (SSSR count). The highest BCUT2D eigenvalue weighted by molar-refractivity contribution is 6.07. The van der Waals surface area contributed by atoms with Gasteiger partial charge in [0.05, 0.1) is 6.21 Å². The molecule has 1 aliphatic heterocycles. The van der Waals surface area contributed by atoms with Crippen LogP contribution in [0.4, 0.5) is 4.79 Å². The first kappa shape index (κ1) is 15.2. The van der Waals surface area contributed by atoms with Gasteiger partial charge < -0.3 is 5.32 Å². The minimum absolute atomic E-state index is 0.311. The number of carbonyl (C=O) groups is 2. The Balaban J connectivity index is 2.31. The third-order valence-corrected chi connectivity index (χ3v) is 3.99. The molecule has 0 spiro atoms. The van der Waals surface area contributed by atoms with Crippen LogP contribution in [0.5, 0.6) is 0 Å². The van der Waals surface area contributed by atoms with Crippen LogP contribution < -0.4 is 5.32 Å². The fourth-order valence-electron chi connectivity index (χ4n) is 2.52. The zero-order chi connectivity index (χ0) is 15.8. The molecule has 1 atom stereocenters. The third-order valence-electron chi connectivity index (χ3n) is 3.99. The summed E-state index contributed by atoms with van der Waals surface area (Å²) in [5.41, 5.74) is 3.40. The number of hydrazone groups is 1. The molecule has 1 heterocycles. The summed E-state index contributed by atoms with van der Waals surface area (Å²) >= 11 is 0. The van der Waals surface area contributed by atoms with Crippen molar-refractivity contribution in [2.75, 3.05) is 0 Å². The van der Waals surface area contributed by atoms with Crippen molar-refractivity contribution in [2.45, 2.75) is 46.6 Å². The molecule has 1 aromatic rings. The Labute approximate surface area is 125 Å². The van der Waals surface area contributed by atoms with Gasteiger partial charge in [-0.25, -0.2) is 4.79 Å². The van der Waals surface area contributed by atoms with Crippen molar-refractivity contribution in [3.63, 3.8) is 0 Å². The average Bonchev–Trinajstić information content (AvgIpc) is 2.61. The van der Waals surface area contributed by atoms with E-state index in [1.165, 1.54) is 5.56 Å². The van der Waals surface area contributed by atoms with E-state index in [0.29, 0.717) is 6.42 Å². The number of hydrogen-bond donors (Lipinski definition) is 1. The molecule has 5 nitrogen and oxygen atoms in total. The lowest BCUT2D eigenvalue weighted by atomic mass is 10.00. The van der Waals surface area contributed by atoms with E-state index in [0.717, 1.165) is 21.7 Å². The van der Waals surface area contributed by atoms with Gasteiger partial charge in [0.2, 0.25) is 0 Å². The highest BCUT2D eigenvalue weighted by atomic mass is 16.2. The minimum atomic E-state index is -0.855. The lowest BCUT2D eigenvalue weighted by Gasteiger charge is -2.17. The molecule has 1 aliphatic rings. The summed E-state index contributed by atoms with van der Waals surface area (Å²) in [5.74, 6) is -0.311. The first-order chi connectivity index (χ1) is 9.78. The minimum Gasteiger partial charge on any atom is -0.322 e. The Hall–Kier alpha value is -2.17. The van der Waals surface area contributed by atoms with Crippen molar-refractivity contribution in [3.8, 4) is 0 Å². The Morgan fingerprint density at radius 3 is 2.29 bits per heavy atom. The van der Waals surface area contributed by atoms with Gasteiger partial charge in [-0.3, -0.25) is 4.79 Å². The second-order valence-electron chi connectivity index (χ2n) is 5.79. The summed E-state index contributed by atoms with van der Waals surface area (Å²) in [4.78, 5) is 24.1. The van der Waals surface area contributed by atoms with Gasteiger partial charge in [-0.05, 0) is 45.2 Å². The number of urea groups is 1. The van der Waals surface area contributed by atoms with Crippen LogP contribution in [0.2, 0.25) is 0 Å². The number of nitrogens with zero attached hydrogens (tertiary/aromatic N) is 2. The Kier molecular flexibility index (Phi) is 3.85. The zero-order valence-electron chi connectivity index (χ0n) is 13.2. The summed E-state index contributed by atoms with van der Waals surface area (Å²) in [7, 11) is 0. The van der Waals surface area contributed by atoms with Gasteiger partial charge in [0, 0.05) is 5.56 Å². The topological polar surface area (TPSA) is 61.8 Å². The summed E-state index contributed by atoms with van der Waals surface area (Å²) in [6.45, 7) is 9.59. The monoisotopic (exact) mass is 287 g/mol. The predicted octanol–water partition coefficient (Wildman–Crippen LogP) is 2.67. The lowest BCUT2D eigenvalue weighted by Crippen LogP contribution is -2.42. The molecular weight excluding hydrogens is 266 g/mol. The van der Waals surface area contributed by atoms with Gasteiger partial charge in [0.1, 0.15) is 5.54 Å². The normalized spacial score (nSPS) is 22.2. The van der Waals surface area contributed by atoms with Gasteiger partial charge in [-0.1, -0.05) is 24.6 Å². The number of carbonyl (C=O) groups excluding carboxylic acids is 2. The van der Waals surface area contributed by atoms with Gasteiger partial charge in [0.25, 0.3) is 5.91 Å². The zero-order valence-corrected chi connectivity index (χ0v) is 13.2. The quantitative estimate of drug-likeness (QED) is 0.686. The second kappa shape index (κ2) is 5.31. The van der Waals surface area contributed by atoms with E-state index < -0.39 is 11.6 Å². The molecule has 0 radical (unpaired) electrons.